The quantitative estimate of drug-likeness (QED) is 0.877. The summed E-state index contributed by atoms with van der Waals surface area (Å²) in [5.41, 5.74) is 3.20. The maximum atomic E-state index is 12.5. The number of rotatable bonds is 6. The lowest BCUT2D eigenvalue weighted by Crippen LogP contribution is -2.33. The molecule has 1 N–H and O–H groups in total. The molecule has 0 atom stereocenters. The molecule has 0 unspecified atom stereocenters. The van der Waals surface area contributed by atoms with Crippen LogP contribution in [0.25, 0.3) is 0 Å². The van der Waals surface area contributed by atoms with Crippen molar-refractivity contribution in [3.05, 3.63) is 59.4 Å². The second-order valence-corrected chi connectivity index (χ2v) is 7.22. The zero-order valence-electron chi connectivity index (χ0n) is 15.4. The van der Waals surface area contributed by atoms with Crippen LogP contribution in [0.2, 0.25) is 0 Å². The van der Waals surface area contributed by atoms with Gasteiger partial charge in [0, 0.05) is 25.8 Å². The molecule has 0 radical (unpaired) electrons. The molecule has 4 heteroatoms. The lowest BCUT2D eigenvalue weighted by atomic mass is 9.99. The van der Waals surface area contributed by atoms with Crippen LogP contribution in [-0.4, -0.2) is 35.0 Å². The van der Waals surface area contributed by atoms with Crippen LogP contribution in [0.5, 0.6) is 0 Å². The molecule has 3 rings (SSSR count). The largest absolute Gasteiger partial charge is 0.350 e. The second kappa shape index (κ2) is 8.34. The molecule has 0 aliphatic carbocycles. The van der Waals surface area contributed by atoms with Crippen molar-refractivity contribution < 1.29 is 4.79 Å². The first-order valence-electron chi connectivity index (χ1n) is 9.32. The van der Waals surface area contributed by atoms with Gasteiger partial charge in [-0.2, -0.15) is 0 Å². The minimum absolute atomic E-state index is 0.0111. The molecule has 4 nitrogen and oxygen atoms in total. The summed E-state index contributed by atoms with van der Waals surface area (Å²) in [4.78, 5) is 15.0. The van der Waals surface area contributed by atoms with Gasteiger partial charge in [0.05, 0.1) is 0 Å². The van der Waals surface area contributed by atoms with E-state index in [1.165, 1.54) is 24.1 Å². The Morgan fingerprint density at radius 3 is 2.56 bits per heavy atom. The topological polar surface area (TPSA) is 37.3 Å². The van der Waals surface area contributed by atoms with E-state index >= 15 is 0 Å². The summed E-state index contributed by atoms with van der Waals surface area (Å²) in [6.07, 6.45) is 3.41. The number of piperidine rings is 1. The Morgan fingerprint density at radius 2 is 1.84 bits per heavy atom. The molecule has 1 aliphatic heterocycles. The third kappa shape index (κ3) is 4.73. The van der Waals surface area contributed by atoms with Crippen molar-refractivity contribution in [3.63, 3.8) is 0 Å². The van der Waals surface area contributed by atoms with Crippen molar-refractivity contribution in [1.29, 1.82) is 0 Å². The van der Waals surface area contributed by atoms with Crippen LogP contribution in [0, 0.1) is 5.92 Å². The first-order chi connectivity index (χ1) is 12.1. The molecular formula is C21H29N3O. The summed E-state index contributed by atoms with van der Waals surface area (Å²) in [6.45, 7) is 6.24. The van der Waals surface area contributed by atoms with E-state index in [-0.39, 0.29) is 5.91 Å². The fourth-order valence-corrected chi connectivity index (χ4v) is 3.45. The molecule has 0 bridgehead atoms. The summed E-state index contributed by atoms with van der Waals surface area (Å²) in [5.74, 6) is 0.854. The van der Waals surface area contributed by atoms with Crippen LogP contribution in [0.15, 0.2) is 42.5 Å². The summed E-state index contributed by atoms with van der Waals surface area (Å²) < 4.78 is 2.04. The van der Waals surface area contributed by atoms with Crippen molar-refractivity contribution in [3.8, 4) is 0 Å². The maximum absolute atomic E-state index is 12.5. The summed E-state index contributed by atoms with van der Waals surface area (Å²) >= 11 is 0. The van der Waals surface area contributed by atoms with E-state index in [4.69, 9.17) is 0 Å². The molecule has 1 aromatic heterocycles. The normalized spacial score (nSPS) is 16.1. The second-order valence-electron chi connectivity index (χ2n) is 7.22. The molecule has 1 saturated heterocycles. The van der Waals surface area contributed by atoms with E-state index in [9.17, 15) is 4.79 Å². The van der Waals surface area contributed by atoms with Crippen LogP contribution < -0.4 is 5.32 Å². The number of nitrogens with zero attached hydrogens (tertiary/aromatic N) is 2. The first kappa shape index (κ1) is 17.7. The molecule has 1 fully saturated rings. The van der Waals surface area contributed by atoms with E-state index in [2.05, 4.69) is 35.3 Å². The zero-order valence-corrected chi connectivity index (χ0v) is 15.4. The van der Waals surface area contributed by atoms with Crippen LogP contribution in [0.3, 0.4) is 0 Å². The number of likely N-dealkylation sites (tertiary alicyclic amines) is 1. The van der Waals surface area contributed by atoms with Gasteiger partial charge in [0.2, 0.25) is 0 Å². The SMILES string of the molecule is CC1CCN(Cc2ccc(C(=O)NCCc3ccccc3)n2C)CC1. The van der Waals surface area contributed by atoms with E-state index in [0.29, 0.717) is 6.54 Å². The molecule has 134 valence electrons. The predicted octanol–water partition coefficient (Wildman–Crippen LogP) is 3.23. The van der Waals surface area contributed by atoms with Gasteiger partial charge in [0.1, 0.15) is 5.69 Å². The van der Waals surface area contributed by atoms with Gasteiger partial charge in [-0.15, -0.1) is 0 Å². The molecule has 0 spiro atoms. The first-order valence-corrected chi connectivity index (χ1v) is 9.32. The average molecular weight is 339 g/mol. The Morgan fingerprint density at radius 1 is 1.12 bits per heavy atom. The highest BCUT2D eigenvalue weighted by Crippen LogP contribution is 2.19. The van der Waals surface area contributed by atoms with Crippen LogP contribution in [0.4, 0.5) is 0 Å². The molecule has 1 aliphatic rings. The van der Waals surface area contributed by atoms with Crippen molar-refractivity contribution in [2.24, 2.45) is 13.0 Å². The number of carbonyl (C=O) groups excluding carboxylic acids is 1. The fourth-order valence-electron chi connectivity index (χ4n) is 3.45. The number of nitrogens with one attached hydrogen (secondary N) is 1. The van der Waals surface area contributed by atoms with Crippen LogP contribution in [0.1, 0.15) is 41.5 Å². The summed E-state index contributed by atoms with van der Waals surface area (Å²) in [5, 5.41) is 3.04. The minimum Gasteiger partial charge on any atom is -0.350 e. The van der Waals surface area contributed by atoms with E-state index < -0.39 is 0 Å². The fraction of sp³-hybridized carbons (Fsp3) is 0.476. The number of hydrogen-bond acceptors (Lipinski definition) is 2. The summed E-state index contributed by atoms with van der Waals surface area (Å²) in [7, 11) is 1.99. The standard InChI is InChI=1S/C21H29N3O/c1-17-11-14-24(15-12-17)16-19-8-9-20(23(19)2)21(25)22-13-10-18-6-4-3-5-7-18/h3-9,17H,10-16H2,1-2H3,(H,22,25). The molecule has 0 saturated carbocycles. The molecule has 2 aromatic rings. The van der Waals surface area contributed by atoms with Gasteiger partial charge in [-0.1, -0.05) is 37.3 Å². The molecule has 1 aromatic carbocycles. The lowest BCUT2D eigenvalue weighted by Gasteiger charge is -2.30. The van der Waals surface area contributed by atoms with E-state index in [0.717, 1.165) is 37.7 Å². The Kier molecular flexibility index (Phi) is 5.92. The number of benzene rings is 1. The minimum atomic E-state index is 0.0111. The zero-order chi connectivity index (χ0) is 17.6. The third-order valence-electron chi connectivity index (χ3n) is 5.26. The van der Waals surface area contributed by atoms with Gasteiger partial charge in [-0.25, -0.2) is 0 Å². The molecule has 2 heterocycles. The highest BCUT2D eigenvalue weighted by molar-refractivity contribution is 5.92. The van der Waals surface area contributed by atoms with Crippen molar-refractivity contribution >= 4 is 5.91 Å². The summed E-state index contributed by atoms with van der Waals surface area (Å²) in [6, 6.07) is 14.3. The van der Waals surface area contributed by atoms with Crippen molar-refractivity contribution in [2.45, 2.75) is 32.7 Å². The molecule has 1 amide bonds. The maximum Gasteiger partial charge on any atom is 0.267 e. The average Bonchev–Trinajstić information content (AvgIpc) is 2.98. The molecule has 25 heavy (non-hydrogen) atoms. The van der Waals surface area contributed by atoms with Gasteiger partial charge in [0.15, 0.2) is 0 Å². The number of aromatic nitrogens is 1. The Balaban J connectivity index is 1.52. The number of hydrogen-bond donors (Lipinski definition) is 1. The smallest absolute Gasteiger partial charge is 0.267 e. The lowest BCUT2D eigenvalue weighted by molar-refractivity contribution is 0.0945. The number of carbonyl (C=O) groups is 1. The van der Waals surface area contributed by atoms with Gasteiger partial charge < -0.3 is 9.88 Å². The van der Waals surface area contributed by atoms with E-state index in [1.54, 1.807) is 0 Å². The van der Waals surface area contributed by atoms with Gasteiger partial charge in [-0.05, 0) is 56.0 Å². The van der Waals surface area contributed by atoms with E-state index in [1.807, 2.05) is 35.9 Å². The van der Waals surface area contributed by atoms with Crippen molar-refractivity contribution in [2.75, 3.05) is 19.6 Å². The van der Waals surface area contributed by atoms with Crippen LogP contribution >= 0.6 is 0 Å². The highest BCUT2D eigenvalue weighted by atomic mass is 16.1. The van der Waals surface area contributed by atoms with Gasteiger partial charge >= 0.3 is 0 Å². The Hall–Kier alpha value is -2.07. The highest BCUT2D eigenvalue weighted by Gasteiger charge is 2.18. The number of amides is 1. The van der Waals surface area contributed by atoms with Gasteiger partial charge in [0.25, 0.3) is 5.91 Å². The predicted molar refractivity (Wildman–Crippen MR) is 102 cm³/mol. The Labute approximate surface area is 150 Å². The third-order valence-corrected chi connectivity index (χ3v) is 5.26. The van der Waals surface area contributed by atoms with Crippen molar-refractivity contribution in [1.82, 2.24) is 14.8 Å². The molecular weight excluding hydrogens is 310 g/mol. The van der Waals surface area contributed by atoms with Crippen LogP contribution in [-0.2, 0) is 20.0 Å². The Bertz CT molecular complexity index is 684. The monoisotopic (exact) mass is 339 g/mol. The van der Waals surface area contributed by atoms with Gasteiger partial charge in [-0.3, -0.25) is 9.69 Å².